The van der Waals surface area contributed by atoms with Crippen LogP contribution in [-0.4, -0.2) is 12.1 Å². The third kappa shape index (κ3) is 2.77. The Hall–Kier alpha value is -3.36. The van der Waals surface area contributed by atoms with Crippen LogP contribution in [0, 0.1) is 11.3 Å². The minimum Gasteiger partial charge on any atom is -0.497 e. The summed E-state index contributed by atoms with van der Waals surface area (Å²) in [5, 5.41) is 9.90. The van der Waals surface area contributed by atoms with Gasteiger partial charge in [-0.25, -0.2) is 4.98 Å². The van der Waals surface area contributed by atoms with Crippen molar-refractivity contribution in [1.82, 2.24) is 4.98 Å². The van der Waals surface area contributed by atoms with Crippen LogP contribution in [-0.2, 0) is 0 Å². The molecule has 2 aromatic carbocycles. The summed E-state index contributed by atoms with van der Waals surface area (Å²) < 4.78 is 5.20. The van der Waals surface area contributed by atoms with Gasteiger partial charge in [0.25, 0.3) is 0 Å². The summed E-state index contributed by atoms with van der Waals surface area (Å²) in [7, 11) is 1.65. The van der Waals surface area contributed by atoms with Crippen LogP contribution in [0.2, 0.25) is 0 Å². The second kappa shape index (κ2) is 6.51. The van der Waals surface area contributed by atoms with Crippen LogP contribution in [0.5, 0.6) is 5.75 Å². The maximum absolute atomic E-state index is 8.95. The van der Waals surface area contributed by atoms with E-state index in [9.17, 15) is 0 Å². The molecule has 4 aromatic rings. The molecule has 26 heavy (non-hydrogen) atoms. The van der Waals surface area contributed by atoms with Gasteiger partial charge < -0.3 is 10.5 Å². The summed E-state index contributed by atoms with van der Waals surface area (Å²) in [5.74, 6) is 0.818. The number of nitrogen functional groups attached to an aromatic ring is 1. The van der Waals surface area contributed by atoms with E-state index in [0.29, 0.717) is 5.56 Å². The number of thiophene rings is 1. The molecule has 0 bridgehead atoms. The number of benzene rings is 2. The number of methoxy groups -OCH3 is 1. The Labute approximate surface area is 155 Å². The Morgan fingerprint density at radius 2 is 1.65 bits per heavy atom. The van der Waals surface area contributed by atoms with Crippen molar-refractivity contribution < 1.29 is 4.74 Å². The number of rotatable bonds is 3. The lowest BCUT2D eigenvalue weighted by Gasteiger charge is -2.03. The van der Waals surface area contributed by atoms with E-state index in [1.54, 1.807) is 30.6 Å². The molecule has 0 aliphatic heterocycles. The molecule has 0 atom stereocenters. The minimum absolute atomic E-state index is 0.633. The third-order valence-corrected chi connectivity index (χ3v) is 5.42. The van der Waals surface area contributed by atoms with Crippen molar-refractivity contribution >= 4 is 27.2 Å². The summed E-state index contributed by atoms with van der Waals surface area (Å²) in [6.07, 6.45) is 0. The number of nitriles is 1. The molecule has 4 nitrogen and oxygen atoms in total. The Morgan fingerprint density at radius 3 is 2.31 bits per heavy atom. The van der Waals surface area contributed by atoms with E-state index in [0.717, 1.165) is 43.4 Å². The normalized spacial score (nSPS) is 10.6. The van der Waals surface area contributed by atoms with Gasteiger partial charge in [0.05, 0.1) is 35.0 Å². The van der Waals surface area contributed by atoms with Crippen LogP contribution in [0.1, 0.15) is 5.56 Å². The fraction of sp³-hybridized carbons (Fsp3) is 0.0476. The lowest BCUT2D eigenvalue weighted by Crippen LogP contribution is -1.87. The highest BCUT2D eigenvalue weighted by Crippen LogP contribution is 2.40. The van der Waals surface area contributed by atoms with Crippen LogP contribution in [0.4, 0.5) is 5.69 Å². The van der Waals surface area contributed by atoms with E-state index in [2.05, 4.69) is 6.07 Å². The van der Waals surface area contributed by atoms with Gasteiger partial charge in [0.2, 0.25) is 0 Å². The number of nitrogens with two attached hydrogens (primary N) is 1. The third-order valence-electron chi connectivity index (χ3n) is 4.26. The molecule has 0 aliphatic carbocycles. The number of pyridine rings is 1. The quantitative estimate of drug-likeness (QED) is 0.554. The largest absolute Gasteiger partial charge is 0.497 e. The standard InChI is InChI=1S/C21H15N3OS/c1-25-16-8-6-14(7-9-16)18-11-10-17-19(23)20(26-21(17)24-18)15-4-2-13(12-22)3-5-15/h2-11H,23H2,1H3. The highest BCUT2D eigenvalue weighted by Gasteiger charge is 2.13. The van der Waals surface area contributed by atoms with Crippen LogP contribution in [0.25, 0.3) is 31.9 Å². The van der Waals surface area contributed by atoms with Crippen molar-refractivity contribution in [2.24, 2.45) is 0 Å². The number of hydrogen-bond donors (Lipinski definition) is 1. The van der Waals surface area contributed by atoms with Crippen LogP contribution in [0.3, 0.4) is 0 Å². The molecule has 5 heteroatoms. The average Bonchev–Trinajstić information content (AvgIpc) is 3.04. The average molecular weight is 357 g/mol. The number of aromatic nitrogens is 1. The van der Waals surface area contributed by atoms with E-state index < -0.39 is 0 Å². The van der Waals surface area contributed by atoms with Crippen molar-refractivity contribution in [2.45, 2.75) is 0 Å². The zero-order valence-electron chi connectivity index (χ0n) is 14.1. The molecule has 0 saturated heterocycles. The van der Waals surface area contributed by atoms with Gasteiger partial charge in [-0.3, -0.25) is 0 Å². The number of hydrogen-bond acceptors (Lipinski definition) is 5. The van der Waals surface area contributed by atoms with Crippen molar-refractivity contribution in [3.63, 3.8) is 0 Å². The Bertz CT molecular complexity index is 1120. The molecule has 0 fully saturated rings. The molecule has 0 unspecified atom stereocenters. The van der Waals surface area contributed by atoms with Crippen LogP contribution >= 0.6 is 11.3 Å². The molecule has 2 aromatic heterocycles. The molecular weight excluding hydrogens is 342 g/mol. The van der Waals surface area contributed by atoms with Gasteiger partial charge >= 0.3 is 0 Å². The molecule has 4 rings (SSSR count). The molecule has 0 aliphatic rings. The Morgan fingerprint density at radius 1 is 0.962 bits per heavy atom. The van der Waals surface area contributed by atoms with E-state index in [-0.39, 0.29) is 0 Å². The second-order valence-corrected chi connectivity index (χ2v) is 6.81. The molecule has 0 saturated carbocycles. The Balaban J connectivity index is 1.77. The predicted molar refractivity (Wildman–Crippen MR) is 106 cm³/mol. The zero-order valence-corrected chi connectivity index (χ0v) is 14.9. The highest BCUT2D eigenvalue weighted by atomic mass is 32.1. The van der Waals surface area contributed by atoms with E-state index in [4.69, 9.17) is 20.7 Å². The minimum atomic E-state index is 0.633. The zero-order chi connectivity index (χ0) is 18.1. The van der Waals surface area contributed by atoms with Crippen molar-refractivity contribution in [3.05, 3.63) is 66.2 Å². The van der Waals surface area contributed by atoms with Crippen molar-refractivity contribution in [2.75, 3.05) is 12.8 Å². The Kier molecular flexibility index (Phi) is 4.04. The van der Waals surface area contributed by atoms with Gasteiger partial charge in [-0.05, 0) is 54.1 Å². The first-order valence-corrected chi connectivity index (χ1v) is 8.85. The predicted octanol–water partition coefficient (Wildman–Crippen LogP) is 5.09. The smallest absolute Gasteiger partial charge is 0.126 e. The lowest BCUT2D eigenvalue weighted by atomic mass is 10.1. The van der Waals surface area contributed by atoms with E-state index in [1.807, 2.05) is 48.5 Å². The summed E-state index contributed by atoms with van der Waals surface area (Å²) >= 11 is 1.56. The molecule has 0 spiro atoms. The SMILES string of the molecule is COc1ccc(-c2ccc3c(N)c(-c4ccc(C#N)cc4)sc3n2)cc1. The number of anilines is 1. The van der Waals surface area contributed by atoms with Crippen LogP contribution in [0.15, 0.2) is 60.7 Å². The highest BCUT2D eigenvalue weighted by molar-refractivity contribution is 7.22. The maximum Gasteiger partial charge on any atom is 0.126 e. The van der Waals surface area contributed by atoms with Gasteiger partial charge in [0, 0.05) is 10.9 Å². The topological polar surface area (TPSA) is 71.9 Å². The first kappa shape index (κ1) is 16.1. The fourth-order valence-electron chi connectivity index (χ4n) is 2.83. The molecule has 126 valence electrons. The van der Waals surface area contributed by atoms with Crippen molar-refractivity contribution in [1.29, 1.82) is 5.26 Å². The summed E-state index contributed by atoms with van der Waals surface area (Å²) in [4.78, 5) is 6.66. The summed E-state index contributed by atoms with van der Waals surface area (Å²) in [6.45, 7) is 0. The molecular formula is C21H15N3OS. The number of fused-ring (bicyclic) bond motifs is 1. The maximum atomic E-state index is 8.95. The first-order valence-electron chi connectivity index (χ1n) is 8.03. The van der Waals surface area contributed by atoms with Crippen molar-refractivity contribution in [3.8, 4) is 33.5 Å². The van der Waals surface area contributed by atoms with Gasteiger partial charge in [-0.1, -0.05) is 12.1 Å². The van der Waals surface area contributed by atoms with Crippen LogP contribution < -0.4 is 10.5 Å². The van der Waals surface area contributed by atoms with Gasteiger partial charge in [-0.2, -0.15) is 5.26 Å². The molecule has 0 amide bonds. The van der Waals surface area contributed by atoms with E-state index in [1.165, 1.54) is 0 Å². The number of ether oxygens (including phenoxy) is 1. The van der Waals surface area contributed by atoms with Gasteiger partial charge in [0.15, 0.2) is 0 Å². The first-order chi connectivity index (χ1) is 12.7. The fourth-order valence-corrected chi connectivity index (χ4v) is 3.93. The summed E-state index contributed by atoms with van der Waals surface area (Å²) in [6, 6.07) is 21.4. The molecule has 2 N–H and O–H groups in total. The summed E-state index contributed by atoms with van der Waals surface area (Å²) in [5.41, 5.74) is 10.6. The monoisotopic (exact) mass is 357 g/mol. The van der Waals surface area contributed by atoms with Gasteiger partial charge in [-0.15, -0.1) is 11.3 Å². The lowest BCUT2D eigenvalue weighted by molar-refractivity contribution is 0.415. The van der Waals surface area contributed by atoms with Gasteiger partial charge in [0.1, 0.15) is 10.6 Å². The second-order valence-electron chi connectivity index (χ2n) is 5.81. The van der Waals surface area contributed by atoms with E-state index >= 15 is 0 Å². The number of nitrogens with zero attached hydrogens (tertiary/aromatic N) is 2. The molecule has 2 heterocycles. The molecule has 0 radical (unpaired) electrons.